The molecule has 9 heteroatoms. The number of likely N-dealkylation sites (N-methyl/N-ethyl adjacent to an activating group) is 1. The van der Waals surface area contributed by atoms with E-state index >= 15 is 0 Å². The molecule has 0 amide bonds. The van der Waals surface area contributed by atoms with Crippen LogP contribution in [0.5, 0.6) is 0 Å². The Balaban J connectivity index is 4.00. The Morgan fingerprint density at radius 3 is 0.895 bits per heavy atom. The molecule has 2 unspecified atom stereocenters. The number of carboxylic acids is 1. The minimum absolute atomic E-state index is 0.148. The van der Waals surface area contributed by atoms with E-state index in [0.717, 1.165) is 83.5 Å². The molecule has 0 aromatic rings. The van der Waals surface area contributed by atoms with Gasteiger partial charge in [-0.25, -0.2) is 0 Å². The van der Waals surface area contributed by atoms with Gasteiger partial charge in [0.1, 0.15) is 13.2 Å². The first-order valence-corrected chi connectivity index (χ1v) is 40.7. The molecule has 0 heterocycles. The first-order valence-electron chi connectivity index (χ1n) is 40.7. The lowest BCUT2D eigenvalue weighted by molar-refractivity contribution is -0.870. The van der Waals surface area contributed by atoms with E-state index in [1.165, 1.54) is 270 Å². The first kappa shape index (κ1) is 91.5. The van der Waals surface area contributed by atoms with Crippen LogP contribution in [0.2, 0.25) is 0 Å². The Hall–Kier alpha value is -3.53. The molecule has 2 atom stereocenters. The van der Waals surface area contributed by atoms with Gasteiger partial charge in [0.15, 0.2) is 12.4 Å². The molecule has 0 fully saturated rings. The molecule has 95 heavy (non-hydrogen) atoms. The summed E-state index contributed by atoms with van der Waals surface area (Å²) < 4.78 is 22.9. The van der Waals surface area contributed by atoms with Crippen molar-refractivity contribution in [3.63, 3.8) is 0 Å². The van der Waals surface area contributed by atoms with Gasteiger partial charge in [-0.3, -0.25) is 9.59 Å². The molecule has 0 spiro atoms. The van der Waals surface area contributed by atoms with E-state index in [4.69, 9.17) is 18.9 Å². The van der Waals surface area contributed by atoms with E-state index in [-0.39, 0.29) is 32.2 Å². The maximum absolute atomic E-state index is 13.0. The highest BCUT2D eigenvalue weighted by Crippen LogP contribution is 2.20. The molecule has 552 valence electrons. The topological polar surface area (TPSA) is 111 Å². The van der Waals surface area contributed by atoms with Crippen LogP contribution in [0.4, 0.5) is 0 Å². The summed E-state index contributed by atoms with van der Waals surface area (Å²) in [6.45, 7) is 4.70. The number of aliphatic carboxylic acids is 1. The van der Waals surface area contributed by atoms with Gasteiger partial charge in [0.2, 0.25) is 0 Å². The van der Waals surface area contributed by atoms with Gasteiger partial charge in [0.25, 0.3) is 0 Å². The summed E-state index contributed by atoms with van der Waals surface area (Å²) in [6, 6.07) is 0. The van der Waals surface area contributed by atoms with Crippen molar-refractivity contribution in [2.24, 2.45) is 0 Å². The first-order chi connectivity index (χ1) is 46.6. The van der Waals surface area contributed by atoms with Crippen molar-refractivity contribution >= 4 is 17.9 Å². The van der Waals surface area contributed by atoms with Gasteiger partial charge in [-0.2, -0.15) is 0 Å². The van der Waals surface area contributed by atoms with E-state index in [1.54, 1.807) is 0 Å². The second-order valence-electron chi connectivity index (χ2n) is 28.7. The van der Waals surface area contributed by atoms with Crippen molar-refractivity contribution < 1.29 is 42.9 Å². The molecule has 0 aromatic carbocycles. The monoisotopic (exact) mass is 1330 g/mol. The number of allylic oxidation sites excluding steroid dienone is 14. The highest BCUT2D eigenvalue weighted by atomic mass is 16.7. The Morgan fingerprint density at radius 2 is 0.600 bits per heavy atom. The summed E-state index contributed by atoms with van der Waals surface area (Å²) >= 11 is 0. The largest absolute Gasteiger partial charge is 0.545 e. The third-order valence-electron chi connectivity index (χ3n) is 18.2. The Morgan fingerprint density at radius 1 is 0.326 bits per heavy atom. The number of quaternary nitrogens is 1. The highest BCUT2D eigenvalue weighted by molar-refractivity contribution is 5.70. The molecule has 0 bridgehead atoms. The van der Waals surface area contributed by atoms with Crippen LogP contribution in [0.25, 0.3) is 0 Å². The molecule has 0 aliphatic rings. The van der Waals surface area contributed by atoms with Crippen LogP contribution in [0.1, 0.15) is 386 Å². The second kappa shape index (κ2) is 76.2. The molecule has 9 nitrogen and oxygen atoms in total. The zero-order valence-corrected chi connectivity index (χ0v) is 63.3. The van der Waals surface area contributed by atoms with Gasteiger partial charge in [-0.1, -0.05) is 388 Å². The van der Waals surface area contributed by atoms with Crippen LogP contribution in [-0.2, 0) is 33.3 Å². The van der Waals surface area contributed by atoms with Crippen molar-refractivity contribution in [2.45, 2.75) is 399 Å². The van der Waals surface area contributed by atoms with Gasteiger partial charge < -0.3 is 33.3 Å². The molecule has 0 saturated heterocycles. The number of unbranched alkanes of at least 4 members (excludes halogenated alkanes) is 47. The second-order valence-corrected chi connectivity index (χ2v) is 28.7. The average Bonchev–Trinajstić information content (AvgIpc) is 3.75. The number of nitrogens with zero attached hydrogens (tertiary/aromatic N) is 1. The molecule has 0 N–H and O–H groups in total. The molecular formula is C86H155NO8. The minimum Gasteiger partial charge on any atom is -0.545 e. The molecule has 0 saturated carbocycles. The number of hydrogen-bond acceptors (Lipinski definition) is 8. The van der Waals surface area contributed by atoms with E-state index in [1.807, 2.05) is 21.1 Å². The van der Waals surface area contributed by atoms with Crippen molar-refractivity contribution in [3.8, 4) is 0 Å². The lowest BCUT2D eigenvalue weighted by atomic mass is 10.0. The Kier molecular flexibility index (Phi) is 73.4. The minimum atomic E-state index is -1.62. The normalized spacial score (nSPS) is 13.1. The number of hydrogen-bond donors (Lipinski definition) is 0. The number of rotatable bonds is 76. The predicted molar refractivity (Wildman–Crippen MR) is 408 cm³/mol. The van der Waals surface area contributed by atoms with Crippen molar-refractivity contribution in [2.75, 3.05) is 47.5 Å². The van der Waals surface area contributed by atoms with E-state index in [2.05, 4.69) is 98.9 Å². The maximum Gasteiger partial charge on any atom is 0.306 e. The average molecular weight is 1330 g/mol. The molecule has 0 aliphatic heterocycles. The number of carbonyl (C=O) groups excluding carboxylic acids is 3. The summed E-state index contributed by atoms with van der Waals surface area (Å²) in [5.41, 5.74) is 0. The highest BCUT2D eigenvalue weighted by Gasteiger charge is 2.22. The number of carbonyl (C=O) groups is 3. The number of ether oxygens (including phenoxy) is 4. The van der Waals surface area contributed by atoms with Crippen LogP contribution >= 0.6 is 0 Å². The fraction of sp³-hybridized carbons (Fsp3) is 0.802. The smallest absolute Gasteiger partial charge is 0.306 e. The van der Waals surface area contributed by atoms with Crippen LogP contribution in [0, 0.1) is 0 Å². The zero-order chi connectivity index (χ0) is 69.0. The molecular weight excluding hydrogens is 1170 g/mol. The SMILES string of the molecule is CC/C=C\C/C=C\C/C=C\C/C=C\C/C=C\C/C=C\C/C=C\CCCCCCCCCCCCCCCCCC(=O)OC(COC(=O)CCCCCCCCCCCCCCCCCCCCCCCCCCCCCCCCCCC)COC(OCC[N+](C)(C)C)C(=O)[O-]. The van der Waals surface area contributed by atoms with Crippen LogP contribution in [-0.4, -0.2) is 82.3 Å². The summed E-state index contributed by atoms with van der Waals surface area (Å²) in [7, 11) is 5.95. The Labute approximate surface area is 589 Å². The van der Waals surface area contributed by atoms with Crippen molar-refractivity contribution in [1.29, 1.82) is 0 Å². The van der Waals surface area contributed by atoms with E-state index in [0.29, 0.717) is 23.9 Å². The standard InChI is InChI=1S/C86H155NO8/c1-6-8-10-12-14-16-18-20-22-24-26-28-30-32-34-36-38-40-41-42-43-45-47-49-51-53-55-57-59-61-63-65-67-69-71-73-75-77-84(89)95-82(81-94-86(85(90)91)92-79-78-87(3,4)5)80-93-83(88)76-74-72-70-68-66-64-62-60-58-56-54-52-50-48-46-44-39-37-35-33-31-29-27-25-23-21-19-17-15-13-11-9-7-2/h8,10,14,16,20,22,26,28,32,34,38,40,42-43,82,86H,6-7,9,11-13,15,17-19,21,23-25,27,29-31,33,35-37,39,41,44-81H2,1-5H3/b10-8-,16-14-,22-20-,28-26-,34-32-,40-38-,43-42-. The molecule has 0 aromatic heterocycles. The van der Waals surface area contributed by atoms with Crippen molar-refractivity contribution in [3.05, 3.63) is 85.1 Å². The molecule has 0 radical (unpaired) electrons. The summed E-state index contributed by atoms with van der Waals surface area (Å²) in [5, 5.41) is 11.9. The maximum atomic E-state index is 13.0. The van der Waals surface area contributed by atoms with Gasteiger partial charge >= 0.3 is 11.9 Å². The summed E-state index contributed by atoms with van der Waals surface area (Å²) in [4.78, 5) is 37.6. The lowest BCUT2D eigenvalue weighted by Crippen LogP contribution is -2.44. The lowest BCUT2D eigenvalue weighted by Gasteiger charge is -2.26. The van der Waals surface area contributed by atoms with Crippen molar-refractivity contribution in [1.82, 2.24) is 0 Å². The summed E-state index contributed by atoms with van der Waals surface area (Å²) in [5.74, 6) is -2.26. The van der Waals surface area contributed by atoms with Gasteiger partial charge in [0, 0.05) is 12.8 Å². The fourth-order valence-electron chi connectivity index (χ4n) is 12.0. The third kappa shape index (κ3) is 77.7. The van der Waals surface area contributed by atoms with Gasteiger partial charge in [-0.05, 0) is 70.6 Å². The molecule has 0 aliphatic carbocycles. The predicted octanol–water partition coefficient (Wildman–Crippen LogP) is 24.8. The van der Waals surface area contributed by atoms with Gasteiger partial charge in [0.05, 0.1) is 40.3 Å². The van der Waals surface area contributed by atoms with Crippen LogP contribution in [0.3, 0.4) is 0 Å². The fourth-order valence-corrected chi connectivity index (χ4v) is 12.0. The zero-order valence-electron chi connectivity index (χ0n) is 63.3. The van der Waals surface area contributed by atoms with Crippen LogP contribution < -0.4 is 5.11 Å². The number of esters is 2. The van der Waals surface area contributed by atoms with E-state index < -0.39 is 24.3 Å². The third-order valence-corrected chi connectivity index (χ3v) is 18.2. The van der Waals surface area contributed by atoms with Crippen LogP contribution in [0.15, 0.2) is 85.1 Å². The number of carboxylic acid groups (broad SMARTS) is 1. The molecule has 0 rings (SSSR count). The summed E-state index contributed by atoms with van der Waals surface area (Å²) in [6.07, 6.45) is 101. The Bertz CT molecular complexity index is 1840. The van der Waals surface area contributed by atoms with E-state index in [9.17, 15) is 19.5 Å². The quantitative estimate of drug-likeness (QED) is 0.0195. The van der Waals surface area contributed by atoms with Gasteiger partial charge in [-0.15, -0.1) is 0 Å².